The van der Waals surface area contributed by atoms with Crippen LogP contribution in [0.5, 0.6) is 0 Å². The summed E-state index contributed by atoms with van der Waals surface area (Å²) in [5.41, 5.74) is -1.31. The summed E-state index contributed by atoms with van der Waals surface area (Å²) in [6, 6.07) is 0. The zero-order chi connectivity index (χ0) is 9.90. The van der Waals surface area contributed by atoms with E-state index in [0.717, 1.165) is 13.1 Å². The fourth-order valence-corrected chi connectivity index (χ4v) is 1.74. The zero-order valence-corrected chi connectivity index (χ0v) is 8.55. The molecule has 1 rings (SSSR count). The first-order chi connectivity index (χ1) is 6.12. The van der Waals surface area contributed by atoms with E-state index in [9.17, 15) is 4.39 Å². The standard InChI is InChI=1S/C9H18FNO2/c1-11-6-4-9(10,5-7-11)8(12-2)13-3/h8H,4-7H2,1-3H3. The smallest absolute Gasteiger partial charge is 0.191 e. The molecule has 0 aliphatic carbocycles. The van der Waals surface area contributed by atoms with Crippen LogP contribution in [0, 0.1) is 0 Å². The molecule has 0 bridgehead atoms. The van der Waals surface area contributed by atoms with E-state index in [1.807, 2.05) is 7.05 Å². The van der Waals surface area contributed by atoms with Crippen LogP contribution in [-0.4, -0.2) is 51.2 Å². The van der Waals surface area contributed by atoms with Crippen molar-refractivity contribution < 1.29 is 13.9 Å². The molecule has 0 unspecified atom stereocenters. The number of nitrogens with zero attached hydrogens (tertiary/aromatic N) is 1. The molecule has 1 heterocycles. The molecule has 1 aliphatic rings. The van der Waals surface area contributed by atoms with Crippen LogP contribution in [-0.2, 0) is 9.47 Å². The van der Waals surface area contributed by atoms with Gasteiger partial charge in [-0.15, -0.1) is 0 Å². The topological polar surface area (TPSA) is 21.7 Å². The molecule has 0 aromatic rings. The lowest BCUT2D eigenvalue weighted by Gasteiger charge is -2.38. The maximum absolute atomic E-state index is 14.1. The molecule has 0 N–H and O–H groups in total. The molecule has 0 amide bonds. The van der Waals surface area contributed by atoms with E-state index in [4.69, 9.17) is 9.47 Å². The van der Waals surface area contributed by atoms with Crippen molar-refractivity contribution in [3.05, 3.63) is 0 Å². The average Bonchev–Trinajstić information content (AvgIpc) is 2.13. The van der Waals surface area contributed by atoms with Gasteiger partial charge in [0, 0.05) is 27.3 Å². The first kappa shape index (κ1) is 10.9. The molecular formula is C9H18FNO2. The van der Waals surface area contributed by atoms with Gasteiger partial charge in [-0.1, -0.05) is 0 Å². The van der Waals surface area contributed by atoms with Crippen molar-refractivity contribution >= 4 is 0 Å². The molecule has 0 spiro atoms. The first-order valence-corrected chi connectivity index (χ1v) is 4.55. The molecule has 0 saturated carbocycles. The van der Waals surface area contributed by atoms with Crippen LogP contribution in [0.25, 0.3) is 0 Å². The van der Waals surface area contributed by atoms with Gasteiger partial charge >= 0.3 is 0 Å². The Bertz CT molecular complexity index is 154. The highest BCUT2D eigenvalue weighted by atomic mass is 19.1. The third-order valence-electron chi connectivity index (χ3n) is 2.67. The van der Waals surface area contributed by atoms with Gasteiger partial charge in [0.2, 0.25) is 0 Å². The van der Waals surface area contributed by atoms with Crippen LogP contribution >= 0.6 is 0 Å². The van der Waals surface area contributed by atoms with E-state index in [1.165, 1.54) is 14.2 Å². The number of ether oxygens (including phenoxy) is 2. The van der Waals surface area contributed by atoms with Crippen molar-refractivity contribution in [2.45, 2.75) is 24.8 Å². The Balaban J connectivity index is 2.54. The number of halogens is 1. The molecule has 0 atom stereocenters. The second-order valence-corrected chi connectivity index (χ2v) is 3.64. The van der Waals surface area contributed by atoms with Crippen LogP contribution in [0.15, 0.2) is 0 Å². The predicted octanol–water partition coefficient (Wildman–Crippen LogP) is 1.04. The van der Waals surface area contributed by atoms with Crippen molar-refractivity contribution in [1.82, 2.24) is 4.90 Å². The van der Waals surface area contributed by atoms with E-state index in [-0.39, 0.29) is 0 Å². The lowest BCUT2D eigenvalue weighted by Crippen LogP contribution is -2.48. The van der Waals surface area contributed by atoms with E-state index in [2.05, 4.69) is 4.90 Å². The van der Waals surface area contributed by atoms with Crippen LogP contribution in [0.4, 0.5) is 4.39 Å². The highest BCUT2D eigenvalue weighted by Gasteiger charge is 2.42. The molecule has 1 fully saturated rings. The van der Waals surface area contributed by atoms with Gasteiger partial charge in [-0.3, -0.25) is 0 Å². The van der Waals surface area contributed by atoms with Crippen LogP contribution in [0.1, 0.15) is 12.8 Å². The maximum Gasteiger partial charge on any atom is 0.191 e. The summed E-state index contributed by atoms with van der Waals surface area (Å²) in [4.78, 5) is 2.11. The number of piperidine rings is 1. The SMILES string of the molecule is COC(OC)C1(F)CCN(C)CC1. The molecule has 3 nitrogen and oxygen atoms in total. The van der Waals surface area contributed by atoms with Gasteiger partial charge in [0.25, 0.3) is 0 Å². The minimum atomic E-state index is -1.31. The van der Waals surface area contributed by atoms with Gasteiger partial charge in [-0.2, -0.15) is 0 Å². The van der Waals surface area contributed by atoms with Crippen molar-refractivity contribution in [1.29, 1.82) is 0 Å². The Morgan fingerprint density at radius 2 is 1.69 bits per heavy atom. The Kier molecular flexibility index (Phi) is 3.64. The molecule has 0 aromatic heterocycles. The zero-order valence-electron chi connectivity index (χ0n) is 8.55. The van der Waals surface area contributed by atoms with Gasteiger partial charge in [-0.05, 0) is 19.9 Å². The summed E-state index contributed by atoms with van der Waals surface area (Å²) in [5, 5.41) is 0. The van der Waals surface area contributed by atoms with E-state index in [0.29, 0.717) is 12.8 Å². The number of methoxy groups -OCH3 is 2. The van der Waals surface area contributed by atoms with Crippen LogP contribution in [0.3, 0.4) is 0 Å². The number of hydrogen-bond acceptors (Lipinski definition) is 3. The van der Waals surface area contributed by atoms with E-state index in [1.54, 1.807) is 0 Å². The Labute approximate surface area is 78.8 Å². The molecule has 1 saturated heterocycles. The largest absolute Gasteiger partial charge is 0.353 e. The van der Waals surface area contributed by atoms with E-state index < -0.39 is 12.0 Å². The molecule has 0 radical (unpaired) electrons. The Morgan fingerprint density at radius 1 is 1.23 bits per heavy atom. The monoisotopic (exact) mass is 191 g/mol. The van der Waals surface area contributed by atoms with Crippen LogP contribution in [0.2, 0.25) is 0 Å². The van der Waals surface area contributed by atoms with Crippen molar-refractivity contribution in [2.75, 3.05) is 34.4 Å². The third kappa shape index (κ3) is 2.39. The molecule has 4 heteroatoms. The highest BCUT2D eigenvalue weighted by Crippen LogP contribution is 2.31. The lowest BCUT2D eigenvalue weighted by atomic mass is 9.93. The van der Waals surface area contributed by atoms with Gasteiger partial charge in [-0.25, -0.2) is 4.39 Å². The normalized spacial score (nSPS) is 23.8. The van der Waals surface area contributed by atoms with Gasteiger partial charge in [0.1, 0.15) is 0 Å². The van der Waals surface area contributed by atoms with Gasteiger partial charge in [0.05, 0.1) is 0 Å². The second-order valence-electron chi connectivity index (χ2n) is 3.64. The fourth-order valence-electron chi connectivity index (χ4n) is 1.74. The minimum Gasteiger partial charge on any atom is -0.353 e. The summed E-state index contributed by atoms with van der Waals surface area (Å²) < 4.78 is 24.1. The van der Waals surface area contributed by atoms with Crippen molar-refractivity contribution in [3.63, 3.8) is 0 Å². The number of rotatable bonds is 3. The van der Waals surface area contributed by atoms with E-state index >= 15 is 0 Å². The third-order valence-corrected chi connectivity index (χ3v) is 2.67. The fraction of sp³-hybridized carbons (Fsp3) is 1.00. The van der Waals surface area contributed by atoms with Crippen molar-refractivity contribution in [3.8, 4) is 0 Å². The summed E-state index contributed by atoms with van der Waals surface area (Å²) in [7, 11) is 4.95. The van der Waals surface area contributed by atoms with Gasteiger partial charge in [0.15, 0.2) is 12.0 Å². The molecular weight excluding hydrogens is 173 g/mol. The summed E-state index contributed by atoms with van der Waals surface area (Å²) in [6.07, 6.45) is 0.243. The average molecular weight is 191 g/mol. The maximum atomic E-state index is 14.1. The lowest BCUT2D eigenvalue weighted by molar-refractivity contribution is -0.198. The highest BCUT2D eigenvalue weighted by molar-refractivity contribution is 4.88. The quantitative estimate of drug-likeness (QED) is 0.622. The predicted molar refractivity (Wildman–Crippen MR) is 48.4 cm³/mol. The number of alkyl halides is 1. The number of likely N-dealkylation sites (tertiary alicyclic amines) is 1. The van der Waals surface area contributed by atoms with Crippen molar-refractivity contribution in [2.24, 2.45) is 0 Å². The van der Waals surface area contributed by atoms with Crippen LogP contribution < -0.4 is 0 Å². The minimum absolute atomic E-state index is 0.482. The molecule has 78 valence electrons. The number of hydrogen-bond donors (Lipinski definition) is 0. The first-order valence-electron chi connectivity index (χ1n) is 4.55. The molecule has 13 heavy (non-hydrogen) atoms. The Morgan fingerprint density at radius 3 is 2.08 bits per heavy atom. The second kappa shape index (κ2) is 4.35. The Hall–Kier alpha value is -0.190. The molecule has 0 aromatic carbocycles. The summed E-state index contributed by atoms with van der Waals surface area (Å²) in [6.45, 7) is 1.53. The van der Waals surface area contributed by atoms with Gasteiger partial charge < -0.3 is 14.4 Å². The summed E-state index contributed by atoms with van der Waals surface area (Å²) >= 11 is 0. The summed E-state index contributed by atoms with van der Waals surface area (Å²) in [5.74, 6) is 0. The molecule has 1 aliphatic heterocycles.